The van der Waals surface area contributed by atoms with Crippen LogP contribution in [-0.2, 0) is 6.54 Å². The summed E-state index contributed by atoms with van der Waals surface area (Å²) in [6.07, 6.45) is 0. The Hall–Kier alpha value is -1.26. The van der Waals surface area contributed by atoms with Gasteiger partial charge in [-0.15, -0.1) is 11.3 Å². The average molecular weight is 268 g/mol. The van der Waals surface area contributed by atoms with Gasteiger partial charge in [0.05, 0.1) is 29.1 Å². The lowest BCUT2D eigenvalue weighted by Crippen LogP contribution is -2.17. The Morgan fingerprint density at radius 1 is 1.47 bits per heavy atom. The molecule has 0 aliphatic carbocycles. The van der Waals surface area contributed by atoms with Gasteiger partial charge in [-0.2, -0.15) is 0 Å². The SMILES string of the molecule is Cc1ncsc1CN(C)c1cc(Cl)ccc1N. The maximum atomic E-state index is 5.98. The number of nitrogens with zero attached hydrogens (tertiary/aromatic N) is 2. The molecule has 0 bridgehead atoms. The largest absolute Gasteiger partial charge is 0.397 e. The van der Waals surface area contributed by atoms with Crippen molar-refractivity contribution in [2.45, 2.75) is 13.5 Å². The zero-order valence-electron chi connectivity index (χ0n) is 9.77. The van der Waals surface area contributed by atoms with Crippen molar-refractivity contribution in [3.63, 3.8) is 0 Å². The Bertz CT molecular complexity index is 524. The van der Waals surface area contributed by atoms with E-state index >= 15 is 0 Å². The summed E-state index contributed by atoms with van der Waals surface area (Å²) in [6.45, 7) is 2.81. The Balaban J connectivity index is 2.23. The Labute approximate surface area is 110 Å². The number of hydrogen-bond acceptors (Lipinski definition) is 4. The number of benzene rings is 1. The molecule has 0 saturated carbocycles. The summed E-state index contributed by atoms with van der Waals surface area (Å²) < 4.78 is 0. The molecule has 0 fully saturated rings. The maximum Gasteiger partial charge on any atom is 0.0798 e. The zero-order valence-corrected chi connectivity index (χ0v) is 11.3. The van der Waals surface area contributed by atoms with Crippen LogP contribution in [0.15, 0.2) is 23.7 Å². The fourth-order valence-electron chi connectivity index (χ4n) is 1.63. The monoisotopic (exact) mass is 267 g/mol. The highest BCUT2D eigenvalue weighted by molar-refractivity contribution is 7.09. The van der Waals surface area contributed by atoms with Crippen molar-refractivity contribution in [1.29, 1.82) is 0 Å². The molecule has 2 rings (SSSR count). The molecule has 2 aromatic rings. The van der Waals surface area contributed by atoms with Crippen LogP contribution in [0.4, 0.5) is 11.4 Å². The zero-order chi connectivity index (χ0) is 12.4. The van der Waals surface area contributed by atoms with E-state index in [4.69, 9.17) is 17.3 Å². The smallest absolute Gasteiger partial charge is 0.0798 e. The first-order valence-electron chi connectivity index (χ1n) is 5.23. The maximum absolute atomic E-state index is 5.98. The van der Waals surface area contributed by atoms with E-state index in [2.05, 4.69) is 9.88 Å². The first-order valence-corrected chi connectivity index (χ1v) is 6.49. The predicted molar refractivity (Wildman–Crippen MR) is 74.8 cm³/mol. The van der Waals surface area contributed by atoms with E-state index in [1.165, 1.54) is 4.88 Å². The summed E-state index contributed by atoms with van der Waals surface area (Å²) in [5.41, 5.74) is 10.6. The molecule has 0 aliphatic rings. The summed E-state index contributed by atoms with van der Waals surface area (Å²) in [6, 6.07) is 5.51. The van der Waals surface area contributed by atoms with Crippen molar-refractivity contribution in [3.05, 3.63) is 39.3 Å². The van der Waals surface area contributed by atoms with Crippen molar-refractivity contribution in [1.82, 2.24) is 4.98 Å². The number of nitrogen functional groups attached to an aromatic ring is 1. The third-order valence-corrected chi connectivity index (χ3v) is 3.78. The van der Waals surface area contributed by atoms with Gasteiger partial charge in [-0.05, 0) is 25.1 Å². The normalized spacial score (nSPS) is 10.5. The lowest BCUT2D eigenvalue weighted by Gasteiger charge is -2.20. The number of rotatable bonds is 3. The lowest BCUT2D eigenvalue weighted by atomic mass is 10.2. The molecule has 2 N–H and O–H groups in total. The van der Waals surface area contributed by atoms with Gasteiger partial charge < -0.3 is 10.6 Å². The summed E-state index contributed by atoms with van der Waals surface area (Å²) >= 11 is 7.64. The highest BCUT2D eigenvalue weighted by atomic mass is 35.5. The van der Waals surface area contributed by atoms with E-state index in [1.807, 2.05) is 31.6 Å². The van der Waals surface area contributed by atoms with Crippen molar-refractivity contribution in [3.8, 4) is 0 Å². The van der Waals surface area contributed by atoms with Gasteiger partial charge in [0, 0.05) is 16.9 Å². The molecule has 3 nitrogen and oxygen atoms in total. The van der Waals surface area contributed by atoms with Gasteiger partial charge in [0.2, 0.25) is 0 Å². The number of thiazole rings is 1. The van der Waals surface area contributed by atoms with Crippen LogP contribution in [0.1, 0.15) is 10.6 Å². The molecule has 1 heterocycles. The first kappa shape index (κ1) is 12.2. The molecule has 0 spiro atoms. The predicted octanol–water partition coefficient (Wildman–Crippen LogP) is 3.32. The third-order valence-electron chi connectivity index (χ3n) is 2.63. The highest BCUT2D eigenvalue weighted by Crippen LogP contribution is 2.28. The summed E-state index contributed by atoms with van der Waals surface area (Å²) in [5.74, 6) is 0. The van der Waals surface area contributed by atoms with Crippen LogP contribution < -0.4 is 10.6 Å². The average Bonchev–Trinajstić information content (AvgIpc) is 2.68. The highest BCUT2D eigenvalue weighted by Gasteiger charge is 2.09. The first-order chi connectivity index (χ1) is 8.08. The van der Waals surface area contributed by atoms with Gasteiger partial charge in [-0.3, -0.25) is 0 Å². The molecule has 0 atom stereocenters. The van der Waals surface area contributed by atoms with Crippen LogP contribution >= 0.6 is 22.9 Å². The van der Waals surface area contributed by atoms with Crippen LogP contribution in [0.25, 0.3) is 0 Å². The van der Waals surface area contributed by atoms with Crippen molar-refractivity contribution < 1.29 is 0 Å². The minimum absolute atomic E-state index is 0.696. The fourth-order valence-corrected chi connectivity index (χ4v) is 2.62. The third kappa shape index (κ3) is 2.70. The number of anilines is 2. The van der Waals surface area contributed by atoms with Crippen molar-refractivity contribution in [2.24, 2.45) is 0 Å². The molecule has 0 aliphatic heterocycles. The Kier molecular flexibility index (Phi) is 3.54. The quantitative estimate of drug-likeness (QED) is 0.868. The van der Waals surface area contributed by atoms with Gasteiger partial charge in [0.1, 0.15) is 0 Å². The summed E-state index contributed by atoms with van der Waals surface area (Å²) in [4.78, 5) is 7.57. The van der Waals surface area contributed by atoms with E-state index < -0.39 is 0 Å². The lowest BCUT2D eigenvalue weighted by molar-refractivity contribution is 0.928. The van der Waals surface area contributed by atoms with E-state index in [-0.39, 0.29) is 0 Å². The molecule has 0 radical (unpaired) electrons. The molecule has 0 saturated heterocycles. The molecule has 0 unspecified atom stereocenters. The van der Waals surface area contributed by atoms with Gasteiger partial charge in [0.25, 0.3) is 0 Å². The molecule has 0 amide bonds. The summed E-state index contributed by atoms with van der Waals surface area (Å²) in [5, 5.41) is 0.696. The van der Waals surface area contributed by atoms with Crippen molar-refractivity contribution >= 4 is 34.3 Å². The van der Waals surface area contributed by atoms with Gasteiger partial charge in [0.15, 0.2) is 0 Å². The van der Waals surface area contributed by atoms with Crippen LogP contribution in [0.3, 0.4) is 0 Å². The number of aryl methyl sites for hydroxylation is 1. The second-order valence-electron chi connectivity index (χ2n) is 3.92. The molecule has 1 aromatic heterocycles. The van der Waals surface area contributed by atoms with Gasteiger partial charge in [-0.25, -0.2) is 4.98 Å². The Morgan fingerprint density at radius 2 is 2.24 bits per heavy atom. The second kappa shape index (κ2) is 4.94. The van der Waals surface area contributed by atoms with Gasteiger partial charge in [-0.1, -0.05) is 11.6 Å². The van der Waals surface area contributed by atoms with Crippen LogP contribution in [0.5, 0.6) is 0 Å². The minimum atomic E-state index is 0.696. The fraction of sp³-hybridized carbons (Fsp3) is 0.250. The molecule has 5 heteroatoms. The van der Waals surface area contributed by atoms with Crippen LogP contribution in [0.2, 0.25) is 5.02 Å². The van der Waals surface area contributed by atoms with E-state index in [9.17, 15) is 0 Å². The molecule has 17 heavy (non-hydrogen) atoms. The van der Waals surface area contributed by atoms with E-state index in [1.54, 1.807) is 17.4 Å². The topological polar surface area (TPSA) is 42.2 Å². The summed E-state index contributed by atoms with van der Waals surface area (Å²) in [7, 11) is 2.00. The molecule has 1 aromatic carbocycles. The number of nitrogens with two attached hydrogens (primary N) is 1. The molecule has 90 valence electrons. The Morgan fingerprint density at radius 3 is 2.88 bits per heavy atom. The number of hydrogen-bond donors (Lipinski definition) is 1. The van der Waals surface area contributed by atoms with Crippen molar-refractivity contribution in [2.75, 3.05) is 17.7 Å². The van der Waals surface area contributed by atoms with Gasteiger partial charge >= 0.3 is 0 Å². The minimum Gasteiger partial charge on any atom is -0.397 e. The number of aromatic nitrogens is 1. The van der Waals surface area contributed by atoms with Crippen LogP contribution in [0, 0.1) is 6.92 Å². The molecular formula is C12H14ClN3S. The standard InChI is InChI=1S/C12H14ClN3S/c1-8-12(17-7-15-8)6-16(2)11-5-9(13)3-4-10(11)14/h3-5,7H,6,14H2,1-2H3. The van der Waals surface area contributed by atoms with Crippen LogP contribution in [-0.4, -0.2) is 12.0 Å². The van der Waals surface area contributed by atoms with E-state index in [0.717, 1.165) is 23.6 Å². The number of halogens is 1. The molecular weight excluding hydrogens is 254 g/mol. The van der Waals surface area contributed by atoms with E-state index in [0.29, 0.717) is 5.02 Å². The second-order valence-corrected chi connectivity index (χ2v) is 5.30.